The van der Waals surface area contributed by atoms with Crippen LogP contribution in [-0.2, 0) is 4.74 Å². The van der Waals surface area contributed by atoms with E-state index in [9.17, 15) is 0 Å². The highest BCUT2D eigenvalue weighted by Gasteiger charge is 2.19. The van der Waals surface area contributed by atoms with Crippen molar-refractivity contribution < 1.29 is 4.74 Å². The van der Waals surface area contributed by atoms with Crippen molar-refractivity contribution in [3.8, 4) is 0 Å². The van der Waals surface area contributed by atoms with Gasteiger partial charge < -0.3 is 15.0 Å². The molecule has 1 aromatic heterocycles. The number of hydrogen-bond donors (Lipinski definition) is 1. The minimum Gasteiger partial charge on any atom is -0.378 e. The van der Waals surface area contributed by atoms with Gasteiger partial charge in [-0.1, -0.05) is 6.07 Å². The van der Waals surface area contributed by atoms with Crippen molar-refractivity contribution >= 4 is 5.82 Å². The lowest BCUT2D eigenvalue weighted by atomic mass is 10.1. The zero-order valence-electron chi connectivity index (χ0n) is 9.23. The largest absolute Gasteiger partial charge is 0.378 e. The second-order valence-electron chi connectivity index (χ2n) is 3.89. The predicted octanol–water partition coefficient (Wildman–Crippen LogP) is 0.808. The Bertz CT molecular complexity index is 321. The number of aromatic nitrogens is 1. The standard InChI is InChI=1S/C11H17N3O/c1-14(2)11-9(4-3-5-13-11)10-8-15-7-6-12-10/h3-5,10,12H,6-8H2,1-2H3. The van der Waals surface area contributed by atoms with Crippen LogP contribution in [0, 0.1) is 0 Å². The first-order valence-electron chi connectivity index (χ1n) is 5.22. The molecular weight excluding hydrogens is 190 g/mol. The molecule has 82 valence electrons. The van der Waals surface area contributed by atoms with Crippen molar-refractivity contribution in [1.82, 2.24) is 10.3 Å². The summed E-state index contributed by atoms with van der Waals surface area (Å²) in [7, 11) is 4.02. The summed E-state index contributed by atoms with van der Waals surface area (Å²) >= 11 is 0. The Balaban J connectivity index is 2.25. The molecule has 15 heavy (non-hydrogen) atoms. The molecule has 1 aromatic rings. The minimum absolute atomic E-state index is 0.268. The average molecular weight is 207 g/mol. The molecule has 0 aliphatic carbocycles. The highest BCUT2D eigenvalue weighted by atomic mass is 16.5. The number of hydrogen-bond acceptors (Lipinski definition) is 4. The molecule has 1 aliphatic rings. The minimum atomic E-state index is 0.268. The van der Waals surface area contributed by atoms with E-state index in [1.54, 1.807) is 0 Å². The number of ether oxygens (including phenoxy) is 1. The molecule has 0 radical (unpaired) electrons. The molecule has 1 saturated heterocycles. The monoisotopic (exact) mass is 207 g/mol. The van der Waals surface area contributed by atoms with Gasteiger partial charge in [-0.15, -0.1) is 0 Å². The lowest BCUT2D eigenvalue weighted by molar-refractivity contribution is 0.0769. The second kappa shape index (κ2) is 4.59. The summed E-state index contributed by atoms with van der Waals surface area (Å²) in [4.78, 5) is 6.42. The zero-order chi connectivity index (χ0) is 10.7. The van der Waals surface area contributed by atoms with E-state index in [-0.39, 0.29) is 6.04 Å². The van der Waals surface area contributed by atoms with Gasteiger partial charge in [0.1, 0.15) is 5.82 Å². The molecule has 4 heteroatoms. The fourth-order valence-corrected chi connectivity index (χ4v) is 1.82. The molecule has 0 spiro atoms. The van der Waals surface area contributed by atoms with Gasteiger partial charge in [0.25, 0.3) is 0 Å². The van der Waals surface area contributed by atoms with Gasteiger partial charge in [0.2, 0.25) is 0 Å². The van der Waals surface area contributed by atoms with E-state index in [4.69, 9.17) is 4.74 Å². The summed E-state index contributed by atoms with van der Waals surface area (Å²) in [5.41, 5.74) is 1.21. The molecule has 2 rings (SSSR count). The average Bonchev–Trinajstić information content (AvgIpc) is 2.30. The molecule has 1 fully saturated rings. The van der Waals surface area contributed by atoms with Gasteiger partial charge in [0.05, 0.1) is 19.3 Å². The van der Waals surface area contributed by atoms with Crippen LogP contribution in [0.1, 0.15) is 11.6 Å². The molecule has 1 aliphatic heterocycles. The number of nitrogens with one attached hydrogen (secondary N) is 1. The summed E-state index contributed by atoms with van der Waals surface area (Å²) < 4.78 is 5.46. The third kappa shape index (κ3) is 2.27. The van der Waals surface area contributed by atoms with Gasteiger partial charge in [0.15, 0.2) is 0 Å². The summed E-state index contributed by atoms with van der Waals surface area (Å²) in [6.45, 7) is 2.44. The van der Waals surface area contributed by atoms with Crippen LogP contribution in [0.15, 0.2) is 18.3 Å². The van der Waals surface area contributed by atoms with E-state index in [0.29, 0.717) is 0 Å². The van der Waals surface area contributed by atoms with Crippen LogP contribution < -0.4 is 10.2 Å². The molecule has 0 bridgehead atoms. The van der Waals surface area contributed by atoms with Crippen molar-refractivity contribution in [3.63, 3.8) is 0 Å². The third-order valence-corrected chi connectivity index (χ3v) is 2.54. The summed E-state index contributed by atoms with van der Waals surface area (Å²) in [5, 5.41) is 3.44. The molecule has 1 N–H and O–H groups in total. The summed E-state index contributed by atoms with van der Waals surface area (Å²) in [6.07, 6.45) is 1.82. The quantitative estimate of drug-likeness (QED) is 0.778. The number of rotatable bonds is 2. The van der Waals surface area contributed by atoms with E-state index >= 15 is 0 Å². The number of morpholine rings is 1. The smallest absolute Gasteiger partial charge is 0.132 e. The van der Waals surface area contributed by atoms with E-state index in [1.807, 2.05) is 31.3 Å². The van der Waals surface area contributed by atoms with E-state index in [2.05, 4.69) is 16.4 Å². The molecule has 0 aromatic carbocycles. The van der Waals surface area contributed by atoms with Crippen LogP contribution >= 0.6 is 0 Å². The van der Waals surface area contributed by atoms with Crippen LogP contribution in [0.3, 0.4) is 0 Å². The predicted molar refractivity (Wildman–Crippen MR) is 60.1 cm³/mol. The van der Waals surface area contributed by atoms with Gasteiger partial charge >= 0.3 is 0 Å². The van der Waals surface area contributed by atoms with E-state index in [0.717, 1.165) is 25.6 Å². The lowest BCUT2D eigenvalue weighted by Crippen LogP contribution is -2.35. The maximum Gasteiger partial charge on any atom is 0.132 e. The van der Waals surface area contributed by atoms with Gasteiger partial charge in [-0.25, -0.2) is 4.98 Å². The van der Waals surface area contributed by atoms with Crippen molar-refractivity contribution in [2.24, 2.45) is 0 Å². The Morgan fingerprint density at radius 2 is 2.40 bits per heavy atom. The van der Waals surface area contributed by atoms with Gasteiger partial charge in [-0.3, -0.25) is 0 Å². The lowest BCUT2D eigenvalue weighted by Gasteiger charge is -2.27. The fourth-order valence-electron chi connectivity index (χ4n) is 1.82. The Kier molecular flexibility index (Phi) is 3.18. The molecule has 0 saturated carbocycles. The van der Waals surface area contributed by atoms with Gasteiger partial charge in [-0.05, 0) is 6.07 Å². The van der Waals surface area contributed by atoms with Crippen LogP contribution in [-0.4, -0.2) is 38.8 Å². The van der Waals surface area contributed by atoms with Crippen LogP contribution in [0.25, 0.3) is 0 Å². The van der Waals surface area contributed by atoms with Crippen molar-refractivity contribution in [1.29, 1.82) is 0 Å². The third-order valence-electron chi connectivity index (χ3n) is 2.54. The molecule has 0 amide bonds. The van der Waals surface area contributed by atoms with Crippen LogP contribution in [0.4, 0.5) is 5.82 Å². The number of nitrogens with zero attached hydrogens (tertiary/aromatic N) is 2. The number of anilines is 1. The second-order valence-corrected chi connectivity index (χ2v) is 3.89. The zero-order valence-corrected chi connectivity index (χ0v) is 9.23. The summed E-state index contributed by atoms with van der Waals surface area (Å²) in [6, 6.07) is 4.35. The first-order valence-corrected chi connectivity index (χ1v) is 5.22. The molecule has 1 unspecified atom stereocenters. The van der Waals surface area contributed by atoms with E-state index in [1.165, 1.54) is 5.56 Å². The Morgan fingerprint density at radius 3 is 3.07 bits per heavy atom. The van der Waals surface area contributed by atoms with Crippen molar-refractivity contribution in [2.45, 2.75) is 6.04 Å². The highest BCUT2D eigenvalue weighted by molar-refractivity contribution is 5.47. The molecular formula is C11H17N3O. The maximum atomic E-state index is 5.46. The normalized spacial score (nSPS) is 21.3. The van der Waals surface area contributed by atoms with Crippen molar-refractivity contribution in [3.05, 3.63) is 23.9 Å². The van der Waals surface area contributed by atoms with Crippen LogP contribution in [0.5, 0.6) is 0 Å². The Labute approximate surface area is 90.3 Å². The van der Waals surface area contributed by atoms with Gasteiger partial charge in [0, 0.05) is 32.4 Å². The molecule has 2 heterocycles. The Hall–Kier alpha value is -1.13. The van der Waals surface area contributed by atoms with Crippen LogP contribution in [0.2, 0.25) is 0 Å². The van der Waals surface area contributed by atoms with Gasteiger partial charge in [-0.2, -0.15) is 0 Å². The first-order chi connectivity index (χ1) is 7.29. The topological polar surface area (TPSA) is 37.4 Å². The number of pyridine rings is 1. The highest BCUT2D eigenvalue weighted by Crippen LogP contribution is 2.23. The first kappa shape index (κ1) is 10.4. The van der Waals surface area contributed by atoms with E-state index < -0.39 is 0 Å². The SMILES string of the molecule is CN(C)c1ncccc1C1COCCN1. The summed E-state index contributed by atoms with van der Waals surface area (Å²) in [5.74, 6) is 1.01. The fraction of sp³-hybridized carbons (Fsp3) is 0.545. The maximum absolute atomic E-state index is 5.46. The van der Waals surface area contributed by atoms with Crippen molar-refractivity contribution in [2.75, 3.05) is 38.8 Å². The molecule has 1 atom stereocenters. The molecule has 4 nitrogen and oxygen atoms in total. The Morgan fingerprint density at radius 1 is 1.53 bits per heavy atom.